The smallest absolute Gasteiger partial charge is 0.177 e. The molecule has 6 nitrogen and oxygen atoms in total. The van der Waals surface area contributed by atoms with E-state index in [-0.39, 0.29) is 0 Å². The first-order valence-corrected chi connectivity index (χ1v) is 6.78. The molecule has 18 heavy (non-hydrogen) atoms. The summed E-state index contributed by atoms with van der Waals surface area (Å²) in [6.07, 6.45) is 3.16. The summed E-state index contributed by atoms with van der Waals surface area (Å²) in [6, 6.07) is 0. The summed E-state index contributed by atoms with van der Waals surface area (Å²) in [5, 5.41) is 21.8. The van der Waals surface area contributed by atoms with Crippen molar-refractivity contribution >= 4 is 17.3 Å². The molecular weight excluding hydrogens is 228 g/mol. The Kier molecular flexibility index (Phi) is 6.83. The Balaban J connectivity index is 2.85. The average Bonchev–Trinajstić information content (AvgIpc) is 2.41. The number of aromatic nitrogens is 3. The lowest BCUT2D eigenvalue weighted by molar-refractivity contribution is 0.844. The maximum absolute atomic E-state index is 4.06. The largest absolute Gasteiger partial charge is 0.379 e. The predicted octanol–water partition coefficient (Wildman–Crippen LogP) is 2.34. The Hall–Kier alpha value is -1.59. The van der Waals surface area contributed by atoms with Gasteiger partial charge >= 0.3 is 0 Å². The predicted molar refractivity (Wildman–Crippen MR) is 76.2 cm³/mol. The highest BCUT2D eigenvalue weighted by molar-refractivity contribution is 5.76. The standard InChI is InChI=1S/C12H24N6/c1-4-7-13-10-11(14-8-5-2)16-18-17-12(10)15-9-6-3/h4-9H2,1-3H3,(H,13,18)(H2,14,15,16,17). The van der Waals surface area contributed by atoms with E-state index in [1.807, 2.05) is 0 Å². The number of hydrogen-bond donors (Lipinski definition) is 3. The van der Waals surface area contributed by atoms with Gasteiger partial charge in [-0.2, -0.15) is 0 Å². The summed E-state index contributed by atoms with van der Waals surface area (Å²) >= 11 is 0. The first-order valence-electron chi connectivity index (χ1n) is 6.78. The van der Waals surface area contributed by atoms with E-state index in [0.29, 0.717) is 0 Å². The summed E-state index contributed by atoms with van der Waals surface area (Å²) in [6.45, 7) is 9.04. The van der Waals surface area contributed by atoms with Gasteiger partial charge in [0.05, 0.1) is 0 Å². The molecule has 1 aromatic heterocycles. The number of hydrogen-bond acceptors (Lipinski definition) is 6. The van der Waals surface area contributed by atoms with Gasteiger partial charge in [-0.05, 0) is 24.5 Å². The number of nitrogens with zero attached hydrogens (tertiary/aromatic N) is 3. The minimum atomic E-state index is 0.777. The maximum Gasteiger partial charge on any atom is 0.177 e. The van der Waals surface area contributed by atoms with Crippen molar-refractivity contribution in [2.75, 3.05) is 35.6 Å². The molecule has 0 saturated carbocycles. The van der Waals surface area contributed by atoms with Crippen LogP contribution in [-0.4, -0.2) is 35.0 Å². The van der Waals surface area contributed by atoms with E-state index < -0.39 is 0 Å². The van der Waals surface area contributed by atoms with Gasteiger partial charge in [0.15, 0.2) is 11.6 Å². The van der Waals surface area contributed by atoms with Crippen molar-refractivity contribution in [3.05, 3.63) is 0 Å². The first kappa shape index (κ1) is 14.5. The lowest BCUT2D eigenvalue weighted by Crippen LogP contribution is -2.14. The first-order chi connectivity index (χ1) is 8.83. The van der Waals surface area contributed by atoms with Gasteiger partial charge in [-0.25, -0.2) is 0 Å². The monoisotopic (exact) mass is 252 g/mol. The van der Waals surface area contributed by atoms with Gasteiger partial charge in [0.1, 0.15) is 5.69 Å². The van der Waals surface area contributed by atoms with Gasteiger partial charge in [-0.1, -0.05) is 20.8 Å². The average molecular weight is 252 g/mol. The van der Waals surface area contributed by atoms with Crippen LogP contribution in [0.25, 0.3) is 0 Å². The van der Waals surface area contributed by atoms with Crippen LogP contribution in [0, 0.1) is 0 Å². The number of nitrogens with one attached hydrogen (secondary N) is 3. The highest BCUT2D eigenvalue weighted by atomic mass is 15.4. The molecule has 0 unspecified atom stereocenters. The minimum Gasteiger partial charge on any atom is -0.379 e. The van der Waals surface area contributed by atoms with Crippen LogP contribution in [0.5, 0.6) is 0 Å². The Morgan fingerprint density at radius 3 is 1.61 bits per heavy atom. The Bertz CT molecular complexity index is 315. The van der Waals surface area contributed by atoms with E-state index >= 15 is 0 Å². The fraction of sp³-hybridized carbons (Fsp3) is 0.750. The van der Waals surface area contributed by atoms with E-state index in [0.717, 1.165) is 56.2 Å². The molecule has 0 atom stereocenters. The molecule has 0 radical (unpaired) electrons. The third-order valence-corrected chi connectivity index (χ3v) is 2.40. The Labute approximate surface area is 109 Å². The van der Waals surface area contributed by atoms with E-state index in [4.69, 9.17) is 0 Å². The molecule has 1 aromatic rings. The van der Waals surface area contributed by atoms with Crippen molar-refractivity contribution in [2.45, 2.75) is 40.0 Å². The quantitative estimate of drug-likeness (QED) is 0.626. The zero-order valence-electron chi connectivity index (χ0n) is 11.6. The maximum atomic E-state index is 4.06. The van der Waals surface area contributed by atoms with E-state index in [1.54, 1.807) is 0 Å². The Morgan fingerprint density at radius 1 is 0.722 bits per heavy atom. The molecule has 0 aliphatic rings. The van der Waals surface area contributed by atoms with Crippen LogP contribution < -0.4 is 16.0 Å². The van der Waals surface area contributed by atoms with Gasteiger partial charge in [-0.15, -0.1) is 10.2 Å². The molecule has 0 fully saturated rings. The van der Waals surface area contributed by atoms with Crippen LogP contribution in [0.1, 0.15) is 40.0 Å². The second-order valence-electron chi connectivity index (χ2n) is 4.14. The summed E-state index contributed by atoms with van der Waals surface area (Å²) in [4.78, 5) is 0. The van der Waals surface area contributed by atoms with Crippen molar-refractivity contribution < 1.29 is 0 Å². The van der Waals surface area contributed by atoms with Crippen LogP contribution >= 0.6 is 0 Å². The van der Waals surface area contributed by atoms with Gasteiger partial charge in [-0.3, -0.25) is 0 Å². The van der Waals surface area contributed by atoms with Crippen molar-refractivity contribution in [2.24, 2.45) is 0 Å². The fourth-order valence-electron chi connectivity index (χ4n) is 1.48. The minimum absolute atomic E-state index is 0.777. The van der Waals surface area contributed by atoms with Gasteiger partial charge in [0.2, 0.25) is 0 Å². The highest BCUT2D eigenvalue weighted by Gasteiger charge is 2.11. The van der Waals surface area contributed by atoms with Crippen LogP contribution in [0.2, 0.25) is 0 Å². The van der Waals surface area contributed by atoms with Crippen molar-refractivity contribution in [3.8, 4) is 0 Å². The second kappa shape index (κ2) is 8.49. The molecular formula is C12H24N6. The highest BCUT2D eigenvalue weighted by Crippen LogP contribution is 2.25. The molecule has 0 aliphatic heterocycles. The van der Waals surface area contributed by atoms with E-state index in [2.05, 4.69) is 52.1 Å². The second-order valence-corrected chi connectivity index (χ2v) is 4.14. The molecule has 0 bridgehead atoms. The van der Waals surface area contributed by atoms with Crippen LogP contribution in [-0.2, 0) is 0 Å². The topological polar surface area (TPSA) is 74.8 Å². The summed E-state index contributed by atoms with van der Waals surface area (Å²) in [7, 11) is 0. The third-order valence-electron chi connectivity index (χ3n) is 2.40. The summed E-state index contributed by atoms with van der Waals surface area (Å²) < 4.78 is 0. The normalized spacial score (nSPS) is 10.2. The summed E-state index contributed by atoms with van der Waals surface area (Å²) in [5.41, 5.74) is 0.925. The number of anilines is 3. The molecule has 102 valence electrons. The molecule has 0 saturated heterocycles. The lowest BCUT2D eigenvalue weighted by atomic mass is 10.3. The molecule has 0 aliphatic carbocycles. The van der Waals surface area contributed by atoms with Crippen LogP contribution in [0.15, 0.2) is 0 Å². The SMILES string of the molecule is CCCNc1nnnc(NCCC)c1NCCC. The molecule has 3 N–H and O–H groups in total. The molecule has 0 aromatic carbocycles. The van der Waals surface area contributed by atoms with Crippen molar-refractivity contribution in [1.82, 2.24) is 15.4 Å². The zero-order valence-corrected chi connectivity index (χ0v) is 11.6. The third kappa shape index (κ3) is 4.35. The fourth-order valence-corrected chi connectivity index (χ4v) is 1.48. The summed E-state index contributed by atoms with van der Waals surface area (Å²) in [5.74, 6) is 1.55. The van der Waals surface area contributed by atoms with Crippen LogP contribution in [0.3, 0.4) is 0 Å². The van der Waals surface area contributed by atoms with E-state index in [1.165, 1.54) is 0 Å². The number of rotatable bonds is 9. The zero-order chi connectivity index (χ0) is 13.2. The van der Waals surface area contributed by atoms with Crippen molar-refractivity contribution in [1.29, 1.82) is 0 Å². The molecule has 1 heterocycles. The van der Waals surface area contributed by atoms with E-state index in [9.17, 15) is 0 Å². The van der Waals surface area contributed by atoms with Gasteiger partial charge in [0.25, 0.3) is 0 Å². The Morgan fingerprint density at radius 2 is 1.17 bits per heavy atom. The molecule has 0 amide bonds. The molecule has 1 rings (SSSR count). The molecule has 6 heteroatoms. The molecule has 0 spiro atoms. The lowest BCUT2D eigenvalue weighted by Gasteiger charge is -2.15. The van der Waals surface area contributed by atoms with Crippen LogP contribution in [0.4, 0.5) is 17.3 Å². The van der Waals surface area contributed by atoms with Crippen molar-refractivity contribution in [3.63, 3.8) is 0 Å². The van der Waals surface area contributed by atoms with Gasteiger partial charge < -0.3 is 16.0 Å². The van der Waals surface area contributed by atoms with Gasteiger partial charge in [0, 0.05) is 19.6 Å².